The summed E-state index contributed by atoms with van der Waals surface area (Å²) < 4.78 is 5.06. The van der Waals surface area contributed by atoms with E-state index < -0.39 is 0 Å². The lowest BCUT2D eigenvalue weighted by Crippen LogP contribution is -1.99. The number of aromatic nitrogens is 1. The van der Waals surface area contributed by atoms with E-state index in [0.717, 1.165) is 0 Å². The highest BCUT2D eigenvalue weighted by atomic mass is 79.9. The van der Waals surface area contributed by atoms with Crippen LogP contribution in [-0.2, 0) is 16.1 Å². The molecule has 1 rings (SSSR count). The van der Waals surface area contributed by atoms with Gasteiger partial charge in [0, 0.05) is 0 Å². The second-order valence-corrected chi connectivity index (χ2v) is 3.39. The van der Waals surface area contributed by atoms with Crippen LogP contribution in [0.1, 0.15) is 5.69 Å². The number of hydrogen-bond donors (Lipinski definition) is 1. The molecule has 0 atom stereocenters. The van der Waals surface area contributed by atoms with E-state index in [2.05, 4.69) is 25.7 Å². The third-order valence-corrected chi connectivity index (χ3v) is 2.15. The summed E-state index contributed by atoms with van der Waals surface area (Å²) in [5, 5.41) is 0.310. The number of pyridine rings is 1. The predicted octanol–water partition coefficient (Wildman–Crippen LogP) is 1.75. The Balaban J connectivity index is 2.98. The van der Waals surface area contributed by atoms with Gasteiger partial charge in [-0.05, 0) is 22.0 Å². The minimum atomic E-state index is 0.0198. The van der Waals surface area contributed by atoms with Gasteiger partial charge < -0.3 is 10.5 Å². The first-order valence-electron chi connectivity index (χ1n) is 3.30. The van der Waals surface area contributed by atoms with Gasteiger partial charge in [0.25, 0.3) is 6.47 Å². The predicted molar refractivity (Wildman–Crippen MR) is 52.2 cm³/mol. The van der Waals surface area contributed by atoms with Gasteiger partial charge in [-0.25, -0.2) is 4.98 Å². The maximum Gasteiger partial charge on any atom is 0.293 e. The van der Waals surface area contributed by atoms with Crippen molar-refractivity contribution in [2.24, 2.45) is 0 Å². The lowest BCUT2D eigenvalue weighted by atomic mass is 10.3. The minimum absolute atomic E-state index is 0.0198. The molecule has 0 bridgehead atoms. The van der Waals surface area contributed by atoms with E-state index in [1.165, 1.54) is 0 Å². The minimum Gasteiger partial charge on any atom is -0.461 e. The summed E-state index contributed by atoms with van der Waals surface area (Å²) in [5.74, 6) is 0. The lowest BCUT2D eigenvalue weighted by Gasteiger charge is -2.05. The second-order valence-electron chi connectivity index (χ2n) is 2.20. The summed E-state index contributed by atoms with van der Waals surface area (Å²) in [7, 11) is 0. The van der Waals surface area contributed by atoms with Crippen molar-refractivity contribution in [1.29, 1.82) is 0 Å². The van der Waals surface area contributed by atoms with Crippen molar-refractivity contribution in [3.63, 3.8) is 0 Å². The standard InChI is InChI=1S/C7H6BrClN2O2/c8-6-1-4(10)7(9)5(11-6)2-13-3-12/h1,3H,2H2,(H2,10,11). The molecule has 4 nitrogen and oxygen atoms in total. The van der Waals surface area contributed by atoms with Gasteiger partial charge in [-0.15, -0.1) is 0 Å². The Morgan fingerprint density at radius 1 is 1.77 bits per heavy atom. The van der Waals surface area contributed by atoms with Crippen molar-refractivity contribution in [2.45, 2.75) is 6.61 Å². The zero-order valence-corrected chi connectivity index (χ0v) is 8.80. The first kappa shape index (κ1) is 10.3. The molecule has 1 aromatic heterocycles. The van der Waals surface area contributed by atoms with Crippen molar-refractivity contribution in [3.8, 4) is 0 Å². The van der Waals surface area contributed by atoms with Gasteiger partial charge in [-0.3, -0.25) is 4.79 Å². The highest BCUT2D eigenvalue weighted by Gasteiger charge is 2.07. The molecule has 0 aliphatic heterocycles. The number of hydrogen-bond acceptors (Lipinski definition) is 4. The molecule has 2 N–H and O–H groups in total. The van der Waals surface area contributed by atoms with Crippen LogP contribution in [0.2, 0.25) is 5.02 Å². The Morgan fingerprint density at radius 2 is 2.46 bits per heavy atom. The lowest BCUT2D eigenvalue weighted by molar-refractivity contribution is -0.129. The summed E-state index contributed by atoms with van der Waals surface area (Å²) >= 11 is 8.94. The molecular formula is C7H6BrClN2O2. The molecule has 13 heavy (non-hydrogen) atoms. The van der Waals surface area contributed by atoms with Gasteiger partial charge >= 0.3 is 0 Å². The molecule has 70 valence electrons. The van der Waals surface area contributed by atoms with E-state index in [1.807, 2.05) is 0 Å². The van der Waals surface area contributed by atoms with Crippen molar-refractivity contribution in [1.82, 2.24) is 4.98 Å². The molecule has 0 aromatic carbocycles. The van der Waals surface area contributed by atoms with Crippen molar-refractivity contribution in [2.75, 3.05) is 5.73 Å². The normalized spacial score (nSPS) is 9.69. The molecule has 0 aliphatic carbocycles. The zero-order chi connectivity index (χ0) is 9.84. The number of halogens is 2. The van der Waals surface area contributed by atoms with Gasteiger partial charge in [0.1, 0.15) is 11.2 Å². The van der Waals surface area contributed by atoms with E-state index >= 15 is 0 Å². The zero-order valence-electron chi connectivity index (χ0n) is 6.46. The third-order valence-electron chi connectivity index (χ3n) is 1.31. The molecule has 0 saturated heterocycles. The third kappa shape index (κ3) is 2.57. The maximum absolute atomic E-state index is 9.92. The van der Waals surface area contributed by atoms with Crippen LogP contribution < -0.4 is 5.73 Å². The van der Waals surface area contributed by atoms with Crippen LogP contribution in [0.25, 0.3) is 0 Å². The summed E-state index contributed by atoms with van der Waals surface area (Å²) in [6, 6.07) is 1.58. The number of anilines is 1. The average Bonchev–Trinajstić information content (AvgIpc) is 2.09. The molecule has 1 heterocycles. The Bertz CT molecular complexity index is 333. The Kier molecular flexibility index (Phi) is 3.50. The van der Waals surface area contributed by atoms with Crippen molar-refractivity contribution < 1.29 is 9.53 Å². The fourth-order valence-corrected chi connectivity index (χ4v) is 1.39. The van der Waals surface area contributed by atoms with Crippen LogP contribution in [0.5, 0.6) is 0 Å². The summed E-state index contributed by atoms with van der Waals surface area (Å²) in [6.07, 6.45) is 0. The number of nitrogens with two attached hydrogens (primary N) is 1. The quantitative estimate of drug-likeness (QED) is 0.668. The second kappa shape index (κ2) is 4.43. The van der Waals surface area contributed by atoms with E-state index in [4.69, 9.17) is 17.3 Å². The van der Waals surface area contributed by atoms with Crippen LogP contribution in [-0.4, -0.2) is 11.5 Å². The molecule has 6 heteroatoms. The number of nitrogen functional groups attached to an aromatic ring is 1. The summed E-state index contributed by atoms with van der Waals surface area (Å²) in [5.41, 5.74) is 6.37. The Hall–Kier alpha value is -0.810. The van der Waals surface area contributed by atoms with Gasteiger partial charge in [0.05, 0.1) is 16.4 Å². The molecule has 0 radical (unpaired) electrons. The molecule has 0 aliphatic rings. The topological polar surface area (TPSA) is 65.2 Å². The van der Waals surface area contributed by atoms with Crippen LogP contribution in [0.15, 0.2) is 10.7 Å². The number of carbonyl (C=O) groups is 1. The van der Waals surface area contributed by atoms with Crippen LogP contribution >= 0.6 is 27.5 Å². The monoisotopic (exact) mass is 264 g/mol. The molecule has 0 amide bonds. The fraction of sp³-hybridized carbons (Fsp3) is 0.143. The average molecular weight is 265 g/mol. The largest absolute Gasteiger partial charge is 0.461 e. The van der Waals surface area contributed by atoms with Crippen molar-refractivity contribution in [3.05, 3.63) is 21.4 Å². The van der Waals surface area contributed by atoms with Crippen molar-refractivity contribution >= 4 is 39.7 Å². The van der Waals surface area contributed by atoms with E-state index in [-0.39, 0.29) is 6.61 Å². The fourth-order valence-electron chi connectivity index (χ4n) is 0.777. The van der Waals surface area contributed by atoms with Gasteiger partial charge in [-0.1, -0.05) is 11.6 Å². The summed E-state index contributed by atoms with van der Waals surface area (Å²) in [6.45, 7) is 0.348. The van der Waals surface area contributed by atoms with Crippen LogP contribution in [0.3, 0.4) is 0 Å². The van der Waals surface area contributed by atoms with Gasteiger partial charge in [0.15, 0.2) is 0 Å². The van der Waals surface area contributed by atoms with Crippen LogP contribution in [0.4, 0.5) is 5.69 Å². The first-order chi connectivity index (χ1) is 6.15. The molecule has 0 unspecified atom stereocenters. The van der Waals surface area contributed by atoms with Gasteiger partial charge in [-0.2, -0.15) is 0 Å². The molecule has 0 saturated carbocycles. The number of nitrogens with zero attached hydrogens (tertiary/aromatic N) is 1. The Labute approximate surface area is 88.2 Å². The smallest absolute Gasteiger partial charge is 0.293 e. The number of ether oxygens (including phenoxy) is 1. The molecule has 1 aromatic rings. The van der Waals surface area contributed by atoms with Crippen LogP contribution in [0, 0.1) is 0 Å². The highest BCUT2D eigenvalue weighted by molar-refractivity contribution is 9.10. The molecule has 0 fully saturated rings. The summed E-state index contributed by atoms with van der Waals surface area (Å²) in [4.78, 5) is 13.9. The van der Waals surface area contributed by atoms with E-state index in [0.29, 0.717) is 27.5 Å². The van der Waals surface area contributed by atoms with E-state index in [9.17, 15) is 4.79 Å². The van der Waals surface area contributed by atoms with E-state index in [1.54, 1.807) is 6.07 Å². The first-order valence-corrected chi connectivity index (χ1v) is 4.48. The number of rotatable bonds is 3. The maximum atomic E-state index is 9.92. The Morgan fingerprint density at radius 3 is 3.08 bits per heavy atom. The molecule has 0 spiro atoms. The van der Waals surface area contributed by atoms with Gasteiger partial charge in [0.2, 0.25) is 0 Å². The number of carbonyl (C=O) groups excluding carboxylic acids is 1. The molecular weight excluding hydrogens is 259 g/mol. The SMILES string of the molecule is Nc1cc(Br)nc(COC=O)c1Cl. The highest BCUT2D eigenvalue weighted by Crippen LogP contribution is 2.25.